The summed E-state index contributed by atoms with van der Waals surface area (Å²) in [6, 6.07) is 5.01. The minimum atomic E-state index is -1.33. The van der Waals surface area contributed by atoms with Crippen molar-refractivity contribution in [3.05, 3.63) is 34.2 Å². The fourth-order valence-electron chi connectivity index (χ4n) is 4.65. The van der Waals surface area contributed by atoms with Crippen molar-refractivity contribution in [3.63, 3.8) is 0 Å². The highest BCUT2D eigenvalue weighted by atomic mass is 16.7. The second kappa shape index (κ2) is 8.64. The Kier molecular flexibility index (Phi) is 6.21. The van der Waals surface area contributed by atoms with Gasteiger partial charge >= 0.3 is 5.63 Å². The van der Waals surface area contributed by atoms with Crippen molar-refractivity contribution in [3.8, 4) is 5.75 Å². The Morgan fingerprint density at radius 1 is 1.12 bits per heavy atom. The lowest BCUT2D eigenvalue weighted by Crippen LogP contribution is -2.63. The number of methoxy groups -OCH3 is 1. The molecule has 2 aliphatic rings. The van der Waals surface area contributed by atoms with E-state index in [0.717, 1.165) is 11.1 Å². The van der Waals surface area contributed by atoms with Crippen molar-refractivity contribution in [1.82, 2.24) is 0 Å². The van der Waals surface area contributed by atoms with Crippen LogP contribution in [0.4, 0.5) is 5.69 Å². The van der Waals surface area contributed by atoms with E-state index in [9.17, 15) is 20.1 Å². The molecule has 2 aliphatic heterocycles. The number of aliphatic hydroxyl groups is 3. The molecule has 1 aromatic carbocycles. The lowest BCUT2D eigenvalue weighted by atomic mass is 9.89. The van der Waals surface area contributed by atoms with Gasteiger partial charge in [-0.3, -0.25) is 0 Å². The van der Waals surface area contributed by atoms with Gasteiger partial charge in [0.2, 0.25) is 6.29 Å². The lowest BCUT2D eigenvalue weighted by molar-refractivity contribution is -0.306. The molecule has 9 heteroatoms. The highest BCUT2D eigenvalue weighted by Crippen LogP contribution is 2.37. The molecule has 32 heavy (non-hydrogen) atoms. The van der Waals surface area contributed by atoms with Gasteiger partial charge in [0.05, 0.1) is 17.4 Å². The van der Waals surface area contributed by atoms with Crippen molar-refractivity contribution in [2.45, 2.75) is 69.9 Å². The molecule has 2 saturated heterocycles. The van der Waals surface area contributed by atoms with Gasteiger partial charge in [-0.25, -0.2) is 4.79 Å². The number of aryl methyl sites for hydroxylation is 1. The molecule has 0 spiro atoms. The van der Waals surface area contributed by atoms with E-state index in [1.807, 2.05) is 0 Å². The smallest absolute Gasteiger partial charge is 0.338 e. The summed E-state index contributed by atoms with van der Waals surface area (Å²) < 4.78 is 22.7. The number of rotatable bonds is 4. The van der Waals surface area contributed by atoms with Crippen molar-refractivity contribution >= 4 is 16.7 Å². The molecule has 1 aromatic heterocycles. The molecule has 2 aromatic rings. The Hall–Kier alpha value is -2.17. The number of aliphatic hydroxyl groups excluding tert-OH is 3. The average molecular weight is 450 g/mol. The number of ether oxygens (including phenoxy) is 3. The number of benzene rings is 1. The van der Waals surface area contributed by atoms with Crippen LogP contribution in [0.5, 0.6) is 5.75 Å². The van der Waals surface area contributed by atoms with E-state index >= 15 is 0 Å². The number of hydrogen-bond acceptors (Lipinski definition) is 9. The molecule has 0 radical (unpaired) electrons. The topological polar surface area (TPSA) is 122 Å². The Bertz CT molecular complexity index is 1030. The Labute approximate surface area is 186 Å². The summed E-state index contributed by atoms with van der Waals surface area (Å²) >= 11 is 0. The molecule has 176 valence electrons. The number of piperidine rings is 1. The van der Waals surface area contributed by atoms with E-state index in [1.54, 1.807) is 32.9 Å². The van der Waals surface area contributed by atoms with Crippen molar-refractivity contribution in [2.24, 2.45) is 0 Å². The van der Waals surface area contributed by atoms with E-state index in [0.29, 0.717) is 42.8 Å². The zero-order valence-corrected chi connectivity index (χ0v) is 18.8. The minimum absolute atomic E-state index is 0.321. The van der Waals surface area contributed by atoms with Crippen LogP contribution in [0.2, 0.25) is 0 Å². The van der Waals surface area contributed by atoms with E-state index in [1.165, 1.54) is 13.2 Å². The van der Waals surface area contributed by atoms with Crippen LogP contribution in [0.3, 0.4) is 0 Å². The van der Waals surface area contributed by atoms with Gasteiger partial charge in [-0.1, -0.05) is 0 Å². The van der Waals surface area contributed by atoms with Gasteiger partial charge in [-0.15, -0.1) is 0 Å². The largest absolute Gasteiger partial charge is 0.462 e. The minimum Gasteiger partial charge on any atom is -0.462 e. The Morgan fingerprint density at radius 2 is 1.81 bits per heavy atom. The molecule has 0 bridgehead atoms. The van der Waals surface area contributed by atoms with Gasteiger partial charge in [-0.05, 0) is 45.7 Å². The molecule has 9 nitrogen and oxygen atoms in total. The summed E-state index contributed by atoms with van der Waals surface area (Å²) in [7, 11) is 1.45. The average Bonchev–Trinajstić information content (AvgIpc) is 2.74. The van der Waals surface area contributed by atoms with Gasteiger partial charge in [0, 0.05) is 37.2 Å². The van der Waals surface area contributed by atoms with Gasteiger partial charge in [0.25, 0.3) is 0 Å². The van der Waals surface area contributed by atoms with Crippen LogP contribution in [0, 0.1) is 6.92 Å². The number of nitrogens with zero attached hydrogens (tertiary/aromatic N) is 1. The van der Waals surface area contributed by atoms with E-state index in [2.05, 4.69) is 4.90 Å². The molecule has 0 amide bonds. The molecular weight excluding hydrogens is 418 g/mol. The quantitative estimate of drug-likeness (QED) is 0.593. The molecule has 4 atom stereocenters. The van der Waals surface area contributed by atoms with Crippen LogP contribution >= 0.6 is 0 Å². The fourth-order valence-corrected chi connectivity index (χ4v) is 4.65. The predicted octanol–water partition coefficient (Wildman–Crippen LogP) is 1.31. The van der Waals surface area contributed by atoms with Gasteiger partial charge in [0.1, 0.15) is 29.6 Å². The summed E-state index contributed by atoms with van der Waals surface area (Å²) in [6.07, 6.45) is -3.44. The number of hydrogen-bond donors (Lipinski definition) is 3. The normalized spacial score (nSPS) is 28.8. The summed E-state index contributed by atoms with van der Waals surface area (Å²) in [6.45, 7) is 6.56. The van der Waals surface area contributed by atoms with Crippen molar-refractivity contribution < 1.29 is 33.9 Å². The lowest BCUT2D eigenvalue weighted by Gasteiger charge is -2.46. The molecule has 3 heterocycles. The first-order chi connectivity index (χ1) is 15.1. The first-order valence-corrected chi connectivity index (χ1v) is 10.9. The standard InChI is InChI=1S/C23H31NO8/c1-12-16(30-22-19(28)18(27)21(29-4)23(2,3)32-22)6-5-14-15(11-17(26)31-20(12)14)24-9-7-13(25)8-10-24/h5-6,11,13,18-19,21-22,25,27-28H,7-10H2,1-4H3/t18-,19+,21+,22+/m0/s1. The zero-order chi connectivity index (χ0) is 23.2. The SMILES string of the molecule is CO[C@@H]1[C@@H](O)[C@@H](O)[C@H](Oc2ccc3c(N4CCC(O)CC4)cc(=O)oc3c2C)OC1(C)C. The van der Waals surface area contributed by atoms with Crippen molar-refractivity contribution in [1.29, 1.82) is 0 Å². The van der Waals surface area contributed by atoms with E-state index in [-0.39, 0.29) is 6.10 Å². The molecule has 2 fully saturated rings. The van der Waals surface area contributed by atoms with Crippen LogP contribution in [-0.4, -0.2) is 71.8 Å². The van der Waals surface area contributed by atoms with Crippen LogP contribution in [0.15, 0.2) is 27.4 Å². The Balaban J connectivity index is 1.66. The van der Waals surface area contributed by atoms with Crippen LogP contribution in [0.25, 0.3) is 11.0 Å². The first-order valence-electron chi connectivity index (χ1n) is 10.9. The van der Waals surface area contributed by atoms with Crippen LogP contribution in [0.1, 0.15) is 32.3 Å². The molecule has 0 unspecified atom stereocenters. The molecular formula is C23H31NO8. The maximum atomic E-state index is 12.3. The second-order valence-electron chi connectivity index (χ2n) is 9.08. The fraction of sp³-hybridized carbons (Fsp3) is 0.609. The summed E-state index contributed by atoms with van der Waals surface area (Å²) in [5, 5.41) is 31.6. The van der Waals surface area contributed by atoms with Gasteiger partial charge < -0.3 is 38.8 Å². The van der Waals surface area contributed by atoms with Gasteiger partial charge in [0.15, 0.2) is 0 Å². The maximum Gasteiger partial charge on any atom is 0.338 e. The van der Waals surface area contributed by atoms with E-state index < -0.39 is 35.8 Å². The maximum absolute atomic E-state index is 12.3. The summed E-state index contributed by atoms with van der Waals surface area (Å²) in [5.41, 5.74) is 0.339. The summed E-state index contributed by atoms with van der Waals surface area (Å²) in [5.74, 6) is 0.370. The molecule has 0 aliphatic carbocycles. The third-order valence-corrected chi connectivity index (χ3v) is 6.44. The molecule has 0 saturated carbocycles. The monoisotopic (exact) mass is 449 g/mol. The number of anilines is 1. The zero-order valence-electron chi connectivity index (χ0n) is 18.8. The highest BCUT2D eigenvalue weighted by molar-refractivity contribution is 5.93. The first kappa shape index (κ1) is 23.0. The van der Waals surface area contributed by atoms with Gasteiger partial charge in [-0.2, -0.15) is 0 Å². The highest BCUT2D eigenvalue weighted by Gasteiger charge is 2.50. The third kappa shape index (κ3) is 4.11. The van der Waals surface area contributed by atoms with Crippen molar-refractivity contribution in [2.75, 3.05) is 25.1 Å². The predicted molar refractivity (Wildman–Crippen MR) is 117 cm³/mol. The van der Waals surface area contributed by atoms with Crippen LogP contribution < -0.4 is 15.3 Å². The van der Waals surface area contributed by atoms with Crippen LogP contribution in [-0.2, 0) is 9.47 Å². The molecule has 4 rings (SSSR count). The third-order valence-electron chi connectivity index (χ3n) is 6.44. The molecule has 3 N–H and O–H groups in total. The van der Waals surface area contributed by atoms with E-state index in [4.69, 9.17) is 18.6 Å². The summed E-state index contributed by atoms with van der Waals surface area (Å²) in [4.78, 5) is 14.4. The number of fused-ring (bicyclic) bond motifs is 1. The Morgan fingerprint density at radius 3 is 2.47 bits per heavy atom. The second-order valence-corrected chi connectivity index (χ2v) is 9.08.